The van der Waals surface area contributed by atoms with Crippen molar-refractivity contribution >= 4 is 14.1 Å². The van der Waals surface area contributed by atoms with Crippen molar-refractivity contribution in [1.82, 2.24) is 0 Å². The van der Waals surface area contributed by atoms with Crippen molar-refractivity contribution in [2.45, 2.75) is 0 Å². The van der Waals surface area contributed by atoms with Gasteiger partial charge in [-0.25, -0.2) is 0 Å². The van der Waals surface area contributed by atoms with Crippen LogP contribution in [0.25, 0.3) is 0 Å². The Balaban J connectivity index is 0.000000222. The van der Waals surface area contributed by atoms with E-state index in [1.165, 1.54) is 0 Å². The molecule has 0 saturated carbocycles. The minimum Gasteiger partial charge on any atom is -0.0623 e. The van der Waals surface area contributed by atoms with Gasteiger partial charge in [0.1, 0.15) is 0 Å². The minimum absolute atomic E-state index is 2.00. The molecule has 0 saturated heterocycles. The van der Waals surface area contributed by atoms with Crippen LogP contribution in [0, 0.1) is 0 Å². The molecular formula is C6H6BrCu. The van der Waals surface area contributed by atoms with Gasteiger partial charge in [0.25, 0.3) is 0 Å². The van der Waals surface area contributed by atoms with E-state index in [9.17, 15) is 0 Å². The molecule has 2 heteroatoms. The predicted molar refractivity (Wildman–Crippen MR) is 35.4 cm³/mol. The van der Waals surface area contributed by atoms with Crippen molar-refractivity contribution in [2.24, 2.45) is 0 Å². The van der Waals surface area contributed by atoms with E-state index in [1.54, 1.807) is 0 Å². The van der Waals surface area contributed by atoms with Crippen LogP contribution in [0.5, 0.6) is 0 Å². The number of hydrogen-bond donors (Lipinski definition) is 0. The molecule has 0 aromatic heterocycles. The maximum absolute atomic E-state index is 4.00. The summed E-state index contributed by atoms with van der Waals surface area (Å²) in [6, 6.07) is 12.0. The van der Waals surface area contributed by atoms with Gasteiger partial charge in [-0.05, 0) is 0 Å². The number of rotatable bonds is 0. The zero-order valence-electron chi connectivity index (χ0n) is 4.14. The van der Waals surface area contributed by atoms with Crippen LogP contribution in [-0.4, -0.2) is 0 Å². The molecule has 0 aliphatic heterocycles. The molecule has 0 nitrogen and oxygen atoms in total. The van der Waals surface area contributed by atoms with Gasteiger partial charge in [-0.2, -0.15) is 0 Å². The third-order valence-electron chi connectivity index (χ3n) is 0.667. The third kappa shape index (κ3) is 4.38. The summed E-state index contributed by atoms with van der Waals surface area (Å²) in [5.41, 5.74) is 0. The van der Waals surface area contributed by atoms with Gasteiger partial charge in [0, 0.05) is 0 Å². The van der Waals surface area contributed by atoms with Crippen molar-refractivity contribution in [3.05, 3.63) is 36.4 Å². The maximum Gasteiger partial charge on any atom is -0.0623 e. The largest absolute Gasteiger partial charge is 0.0623 e. The van der Waals surface area contributed by atoms with Gasteiger partial charge in [0.2, 0.25) is 0 Å². The Morgan fingerprint density at radius 2 is 0.750 bits per heavy atom. The normalized spacial score (nSPS) is 6.88. The maximum atomic E-state index is 4.00. The quantitative estimate of drug-likeness (QED) is 0.591. The van der Waals surface area contributed by atoms with E-state index in [1.807, 2.05) is 36.4 Å². The van der Waals surface area contributed by atoms with Crippen LogP contribution in [0.4, 0.5) is 0 Å². The van der Waals surface area contributed by atoms with Crippen LogP contribution in [0.1, 0.15) is 0 Å². The summed E-state index contributed by atoms with van der Waals surface area (Å²) in [6.07, 6.45) is 0. The molecule has 0 fully saturated rings. The van der Waals surface area contributed by atoms with Crippen LogP contribution in [-0.2, 0) is 14.2 Å². The third-order valence-corrected chi connectivity index (χ3v) is 0.667. The Labute approximate surface area is 64.8 Å². The molecule has 1 aromatic rings. The first-order chi connectivity index (χ1) is 4.00. The van der Waals surface area contributed by atoms with Crippen LogP contribution in [0.15, 0.2) is 36.4 Å². The molecule has 0 unspecified atom stereocenters. The van der Waals surface area contributed by atoms with Crippen molar-refractivity contribution in [3.8, 4) is 0 Å². The predicted octanol–water partition coefficient (Wildman–Crippen LogP) is 2.53. The van der Waals surface area contributed by atoms with Crippen LogP contribution in [0.2, 0.25) is 0 Å². The Hall–Kier alpha value is 0.219. The second-order valence-corrected chi connectivity index (χ2v) is 1.15. The van der Waals surface area contributed by atoms with Crippen LogP contribution < -0.4 is 0 Å². The summed E-state index contributed by atoms with van der Waals surface area (Å²) in [4.78, 5) is 0. The van der Waals surface area contributed by atoms with Crippen LogP contribution in [0.3, 0.4) is 0 Å². The average molecular weight is 222 g/mol. The fraction of sp³-hybridized carbons (Fsp3) is 0. The van der Waals surface area contributed by atoms with Crippen LogP contribution >= 0.6 is 14.1 Å². The molecule has 1 aromatic carbocycles. The number of hydrogen-bond acceptors (Lipinski definition) is 0. The fourth-order valence-corrected chi connectivity index (χ4v) is 0.385. The Morgan fingerprint density at radius 3 is 0.875 bits per heavy atom. The monoisotopic (exact) mass is 220 g/mol. The van der Waals surface area contributed by atoms with Gasteiger partial charge in [-0.1, -0.05) is 36.4 Å². The van der Waals surface area contributed by atoms with Gasteiger partial charge in [0.05, 0.1) is 0 Å². The van der Waals surface area contributed by atoms with Gasteiger partial charge < -0.3 is 0 Å². The van der Waals surface area contributed by atoms with Gasteiger partial charge in [0.15, 0.2) is 0 Å². The number of benzene rings is 1. The molecule has 48 valence electrons. The van der Waals surface area contributed by atoms with E-state index in [0.29, 0.717) is 0 Å². The summed E-state index contributed by atoms with van der Waals surface area (Å²) in [5.74, 6) is 0. The zero-order valence-corrected chi connectivity index (χ0v) is 6.67. The molecule has 0 heterocycles. The average Bonchev–Trinajstić information content (AvgIpc) is 1.96. The Bertz CT molecular complexity index is 80.5. The molecule has 0 radical (unpaired) electrons. The molecule has 0 bridgehead atoms. The molecular weight excluding hydrogens is 216 g/mol. The van der Waals surface area contributed by atoms with E-state index in [2.05, 4.69) is 28.3 Å². The molecule has 0 N–H and O–H groups in total. The van der Waals surface area contributed by atoms with E-state index in [0.717, 1.165) is 0 Å². The van der Waals surface area contributed by atoms with E-state index in [4.69, 9.17) is 0 Å². The second-order valence-electron chi connectivity index (χ2n) is 1.15. The van der Waals surface area contributed by atoms with Gasteiger partial charge in [-0.3, -0.25) is 0 Å². The van der Waals surface area contributed by atoms with Crippen molar-refractivity contribution < 1.29 is 14.2 Å². The second kappa shape index (κ2) is 7.22. The summed E-state index contributed by atoms with van der Waals surface area (Å²) < 4.78 is 0. The first-order valence-corrected chi connectivity index (χ1v) is 4.44. The van der Waals surface area contributed by atoms with Crippen molar-refractivity contribution in [2.75, 3.05) is 0 Å². The standard InChI is InChI=1S/C6H6.BrH.Cu/c1-2-4-6-5-3-1;;/h1-6H;1H;/q;;+1/p-1. The molecule has 0 amide bonds. The van der Waals surface area contributed by atoms with E-state index < -0.39 is 0 Å². The molecule has 0 aliphatic carbocycles. The smallest absolute Gasteiger partial charge is 0.0623 e. The topological polar surface area (TPSA) is 0 Å². The van der Waals surface area contributed by atoms with E-state index >= 15 is 0 Å². The minimum atomic E-state index is 2.00. The van der Waals surface area contributed by atoms with Gasteiger partial charge >= 0.3 is 28.3 Å². The fourth-order valence-electron chi connectivity index (χ4n) is 0.385. The summed E-state index contributed by atoms with van der Waals surface area (Å²) >= 11 is 6.50. The molecule has 0 spiro atoms. The molecule has 0 aliphatic rings. The first-order valence-electron chi connectivity index (χ1n) is 2.11. The van der Waals surface area contributed by atoms with E-state index in [-0.39, 0.29) is 0 Å². The summed E-state index contributed by atoms with van der Waals surface area (Å²) in [5, 5.41) is 0. The van der Waals surface area contributed by atoms with Crippen molar-refractivity contribution in [1.29, 1.82) is 0 Å². The Morgan fingerprint density at radius 1 is 0.625 bits per heavy atom. The molecule has 0 atom stereocenters. The SMILES string of the molecule is [Cu][Br].c1ccccc1. The number of halogens is 1. The molecule has 1 rings (SSSR count). The molecule has 8 heavy (non-hydrogen) atoms. The van der Waals surface area contributed by atoms with Gasteiger partial charge in [-0.15, -0.1) is 0 Å². The summed E-state index contributed by atoms with van der Waals surface area (Å²) in [6.45, 7) is 0. The first kappa shape index (κ1) is 8.22. The summed E-state index contributed by atoms with van der Waals surface area (Å²) in [7, 11) is 0. The Kier molecular flexibility index (Phi) is 7.42. The zero-order chi connectivity index (χ0) is 6.24. The van der Waals surface area contributed by atoms with Crippen molar-refractivity contribution in [3.63, 3.8) is 0 Å².